The first-order valence-corrected chi connectivity index (χ1v) is 20.5. The summed E-state index contributed by atoms with van der Waals surface area (Å²) < 4.78 is 40.5. The number of aromatic nitrogens is 2. The number of sulfonamides is 1. The topological polar surface area (TPSA) is 161 Å². The Balaban J connectivity index is 1.07. The molecule has 2 aliphatic carbocycles. The standard InChI is InChI=1S/C37H48N6O6S2/c1-23(2)39-35-41-31(22-50-35)29-19-32(27-13-12-25(48-3)17-28(27)40-29)49-26-18-30(38-21-26)33(44)42-37-20-24(37)11-9-7-5-4-6-8-10-14-36(15-16-36)51(46,47)43-34(37)45/h9,11-13,17,19,22-24,26,30,38H,4-8,10,14-16,18,20-21H2,1-3H3,(H,39,41)(H,42,44)(H,43,45)/t24-,26-,30+,37-/m1/s1. The Kier molecular flexibility index (Phi) is 10.0. The van der Waals surface area contributed by atoms with Gasteiger partial charge in [0.05, 0.1) is 29.1 Å². The zero-order valence-corrected chi connectivity index (χ0v) is 31.1. The molecule has 3 aromatic rings. The number of thiazole rings is 1. The lowest BCUT2D eigenvalue weighted by molar-refractivity contribution is -0.130. The molecule has 4 N–H and O–H groups in total. The van der Waals surface area contributed by atoms with Crippen LogP contribution < -0.4 is 30.1 Å². The molecule has 1 saturated heterocycles. The van der Waals surface area contributed by atoms with Gasteiger partial charge in [0, 0.05) is 47.8 Å². The van der Waals surface area contributed by atoms with E-state index in [-0.39, 0.29) is 24.0 Å². The minimum Gasteiger partial charge on any atom is -0.497 e. The van der Waals surface area contributed by atoms with Gasteiger partial charge in [-0.2, -0.15) is 0 Å². The van der Waals surface area contributed by atoms with Crippen LogP contribution in [0.1, 0.15) is 84.5 Å². The highest BCUT2D eigenvalue weighted by Gasteiger charge is 2.63. The lowest BCUT2D eigenvalue weighted by Crippen LogP contribution is -2.56. The number of nitrogens with zero attached hydrogens (tertiary/aromatic N) is 2. The number of pyridine rings is 1. The monoisotopic (exact) mass is 736 g/mol. The molecule has 7 rings (SSSR count). The van der Waals surface area contributed by atoms with Gasteiger partial charge in [-0.15, -0.1) is 11.3 Å². The Morgan fingerprint density at radius 3 is 2.65 bits per heavy atom. The van der Waals surface area contributed by atoms with Crippen LogP contribution in [0.25, 0.3) is 22.3 Å². The maximum Gasteiger partial charge on any atom is 0.259 e. The van der Waals surface area contributed by atoms with Crippen LogP contribution in [0.2, 0.25) is 0 Å². The van der Waals surface area contributed by atoms with E-state index in [1.54, 1.807) is 7.11 Å². The molecule has 4 aliphatic rings. The fraction of sp³-hybridized carbons (Fsp3) is 0.568. The lowest BCUT2D eigenvalue weighted by atomic mass is 10.1. The highest BCUT2D eigenvalue weighted by Crippen LogP contribution is 2.49. The zero-order valence-electron chi connectivity index (χ0n) is 29.5. The maximum absolute atomic E-state index is 13.8. The maximum atomic E-state index is 13.8. The summed E-state index contributed by atoms with van der Waals surface area (Å²) in [6.45, 7) is 4.53. The van der Waals surface area contributed by atoms with Crippen molar-refractivity contribution in [1.29, 1.82) is 0 Å². The van der Waals surface area contributed by atoms with Crippen molar-refractivity contribution in [3.05, 3.63) is 41.8 Å². The van der Waals surface area contributed by atoms with E-state index < -0.39 is 32.3 Å². The van der Waals surface area contributed by atoms with Crippen LogP contribution in [-0.2, 0) is 19.6 Å². The molecule has 2 amide bonds. The number of benzene rings is 1. The molecule has 4 atom stereocenters. The van der Waals surface area contributed by atoms with Gasteiger partial charge in [-0.05, 0) is 64.5 Å². The summed E-state index contributed by atoms with van der Waals surface area (Å²) in [5, 5.41) is 13.2. The largest absolute Gasteiger partial charge is 0.497 e. The summed E-state index contributed by atoms with van der Waals surface area (Å²) in [7, 11) is -2.27. The molecule has 12 nitrogen and oxygen atoms in total. The molecular formula is C37H48N6O6S2. The van der Waals surface area contributed by atoms with Crippen LogP contribution in [0, 0.1) is 5.92 Å². The molecule has 0 bridgehead atoms. The van der Waals surface area contributed by atoms with Gasteiger partial charge in [0.25, 0.3) is 5.91 Å². The molecule has 2 aromatic heterocycles. The number of allylic oxidation sites excluding steroid dienone is 1. The van der Waals surface area contributed by atoms with Crippen molar-refractivity contribution in [1.82, 2.24) is 25.3 Å². The van der Waals surface area contributed by atoms with E-state index in [1.165, 1.54) is 11.3 Å². The number of carbonyl (C=O) groups excluding carboxylic acids is 2. The Morgan fingerprint density at radius 2 is 1.86 bits per heavy atom. The third-order valence-electron chi connectivity index (χ3n) is 10.6. The number of ether oxygens (including phenoxy) is 2. The molecule has 1 spiro atoms. The van der Waals surface area contributed by atoms with Crippen molar-refractivity contribution in [3.8, 4) is 22.9 Å². The van der Waals surface area contributed by atoms with Crippen molar-refractivity contribution in [2.75, 3.05) is 19.0 Å². The molecule has 3 fully saturated rings. The average Bonchev–Trinajstić information content (AvgIpc) is 3.91. The van der Waals surface area contributed by atoms with E-state index >= 15 is 0 Å². The summed E-state index contributed by atoms with van der Waals surface area (Å²) in [5.41, 5.74) is 0.769. The van der Waals surface area contributed by atoms with Gasteiger partial charge >= 0.3 is 0 Å². The minimum absolute atomic E-state index is 0.241. The quantitative estimate of drug-likeness (QED) is 0.219. The minimum atomic E-state index is -3.88. The molecule has 4 heterocycles. The SMILES string of the molecule is COc1ccc2c(O[C@H]3CN[C@H](C(=O)N[C@]45C[C@H]4C=CCCCCCCCC4(CC4)S(=O)(=O)NC5=O)C3)cc(-c3csc(NC(C)C)n3)nc2c1. The van der Waals surface area contributed by atoms with Crippen LogP contribution in [0.3, 0.4) is 0 Å². The summed E-state index contributed by atoms with van der Waals surface area (Å²) in [6.07, 6.45) is 12.0. The fourth-order valence-corrected chi connectivity index (χ4v) is 9.86. The van der Waals surface area contributed by atoms with Crippen LogP contribution >= 0.6 is 11.3 Å². The summed E-state index contributed by atoms with van der Waals surface area (Å²) in [4.78, 5) is 37.2. The molecule has 1 aromatic carbocycles. The third kappa shape index (κ3) is 7.59. The normalized spacial score (nSPS) is 27.2. The second-order valence-electron chi connectivity index (χ2n) is 14.8. The highest BCUT2D eigenvalue weighted by molar-refractivity contribution is 7.91. The lowest BCUT2D eigenvalue weighted by Gasteiger charge is -2.23. The molecule has 14 heteroatoms. The Labute approximate surface area is 303 Å². The van der Waals surface area contributed by atoms with Crippen molar-refractivity contribution in [3.63, 3.8) is 0 Å². The third-order valence-corrected chi connectivity index (χ3v) is 13.6. The Hall–Kier alpha value is -3.75. The van der Waals surface area contributed by atoms with E-state index in [1.807, 2.05) is 35.7 Å². The van der Waals surface area contributed by atoms with Crippen LogP contribution in [-0.4, -0.2) is 72.3 Å². The first kappa shape index (κ1) is 35.6. The van der Waals surface area contributed by atoms with E-state index in [4.69, 9.17) is 19.4 Å². The summed E-state index contributed by atoms with van der Waals surface area (Å²) in [5.74, 6) is 0.0239. The van der Waals surface area contributed by atoms with Crippen LogP contribution in [0.5, 0.6) is 11.5 Å². The van der Waals surface area contributed by atoms with E-state index in [2.05, 4.69) is 40.6 Å². The molecule has 2 aliphatic heterocycles. The molecule has 0 unspecified atom stereocenters. The number of methoxy groups -OCH3 is 1. The van der Waals surface area contributed by atoms with Gasteiger partial charge in [-0.3, -0.25) is 14.3 Å². The van der Waals surface area contributed by atoms with Gasteiger partial charge in [0.15, 0.2) is 5.13 Å². The number of carbonyl (C=O) groups is 2. The number of hydrogen-bond donors (Lipinski definition) is 4. The van der Waals surface area contributed by atoms with Crippen molar-refractivity contribution >= 4 is 49.2 Å². The second kappa shape index (κ2) is 14.3. The summed E-state index contributed by atoms with van der Waals surface area (Å²) in [6, 6.07) is 7.12. The highest BCUT2D eigenvalue weighted by atomic mass is 32.2. The zero-order chi connectivity index (χ0) is 35.8. The number of anilines is 1. The number of nitrogens with one attached hydrogen (secondary N) is 4. The number of amides is 2. The number of hydrogen-bond acceptors (Lipinski definition) is 11. The number of rotatable bonds is 8. The van der Waals surface area contributed by atoms with Crippen molar-refractivity contribution in [2.45, 2.75) is 113 Å². The van der Waals surface area contributed by atoms with Crippen molar-refractivity contribution < 1.29 is 27.5 Å². The average molecular weight is 737 g/mol. The Bertz CT molecular complexity index is 1920. The van der Waals surface area contributed by atoms with Gasteiger partial charge in [-0.25, -0.2) is 18.4 Å². The predicted molar refractivity (Wildman–Crippen MR) is 198 cm³/mol. The van der Waals surface area contributed by atoms with Gasteiger partial charge in [-0.1, -0.05) is 37.8 Å². The van der Waals surface area contributed by atoms with Crippen molar-refractivity contribution in [2.24, 2.45) is 5.92 Å². The molecular weight excluding hydrogens is 689 g/mol. The predicted octanol–water partition coefficient (Wildman–Crippen LogP) is 5.45. The molecule has 2 saturated carbocycles. The first-order valence-electron chi connectivity index (χ1n) is 18.2. The van der Waals surface area contributed by atoms with E-state index in [9.17, 15) is 18.0 Å². The first-order chi connectivity index (χ1) is 24.5. The van der Waals surface area contributed by atoms with Crippen LogP contribution in [0.4, 0.5) is 5.13 Å². The smallest absolute Gasteiger partial charge is 0.259 e. The van der Waals surface area contributed by atoms with E-state index in [0.29, 0.717) is 61.4 Å². The Morgan fingerprint density at radius 1 is 1.06 bits per heavy atom. The molecule has 0 radical (unpaired) electrons. The number of fused-ring (bicyclic) bond motifs is 2. The molecule has 51 heavy (non-hydrogen) atoms. The summed E-state index contributed by atoms with van der Waals surface area (Å²) >= 11 is 1.51. The van der Waals surface area contributed by atoms with Gasteiger partial charge in [0.1, 0.15) is 28.8 Å². The van der Waals surface area contributed by atoms with Gasteiger partial charge in [0.2, 0.25) is 15.9 Å². The fourth-order valence-electron chi connectivity index (χ4n) is 7.31. The molecule has 274 valence electrons. The van der Waals surface area contributed by atoms with Gasteiger partial charge < -0.3 is 25.4 Å². The van der Waals surface area contributed by atoms with Crippen LogP contribution in [0.15, 0.2) is 41.8 Å². The van der Waals surface area contributed by atoms with E-state index in [0.717, 1.165) is 54.7 Å². The second-order valence-corrected chi connectivity index (χ2v) is 17.7.